The van der Waals surface area contributed by atoms with Crippen molar-refractivity contribution in [3.05, 3.63) is 51.4 Å². The van der Waals surface area contributed by atoms with E-state index < -0.39 is 0 Å². The smallest absolute Gasteiger partial charge is 0.267 e. The molecule has 2 heterocycles. The average Bonchev–Trinajstić information content (AvgIpc) is 3.22. The summed E-state index contributed by atoms with van der Waals surface area (Å²) in [5.41, 5.74) is 3.98. The van der Waals surface area contributed by atoms with E-state index in [-0.39, 0.29) is 11.5 Å². The maximum Gasteiger partial charge on any atom is 0.267 e. The summed E-state index contributed by atoms with van der Waals surface area (Å²) in [4.78, 5) is 24.2. The lowest BCUT2D eigenvalue weighted by molar-refractivity contribution is 0.0952. The van der Waals surface area contributed by atoms with Gasteiger partial charge in [0.2, 0.25) is 0 Å². The molecule has 1 amide bonds. The molecule has 1 N–H and O–H groups in total. The Balaban J connectivity index is 1.42. The Kier molecular flexibility index (Phi) is 3.81. The summed E-state index contributed by atoms with van der Waals surface area (Å²) in [6.07, 6.45) is 2.91. The van der Waals surface area contributed by atoms with Gasteiger partial charge in [0.05, 0.1) is 24.0 Å². The molecule has 122 valence electrons. The third kappa shape index (κ3) is 2.80. The number of carbonyl (C=O) groups is 1. The molecule has 0 saturated carbocycles. The number of amides is 1. The van der Waals surface area contributed by atoms with Gasteiger partial charge in [-0.15, -0.1) is 0 Å². The Hall–Kier alpha value is -2.61. The minimum absolute atomic E-state index is 0.111. The molecule has 3 aromatic rings. The van der Waals surface area contributed by atoms with Crippen molar-refractivity contribution in [2.45, 2.75) is 25.8 Å². The number of aryl methyl sites for hydroxylation is 2. The van der Waals surface area contributed by atoms with Gasteiger partial charge < -0.3 is 5.32 Å². The monoisotopic (exact) mass is 341 g/mol. The first-order valence-electron chi connectivity index (χ1n) is 7.81. The zero-order valence-electron chi connectivity index (χ0n) is 12.9. The van der Waals surface area contributed by atoms with Gasteiger partial charge in [0.1, 0.15) is 11.0 Å². The molecule has 0 unspecified atom stereocenters. The number of rotatable bonds is 4. The van der Waals surface area contributed by atoms with Crippen LogP contribution in [0.15, 0.2) is 29.1 Å². The van der Waals surface area contributed by atoms with Gasteiger partial charge in [0.25, 0.3) is 11.5 Å². The second-order valence-electron chi connectivity index (χ2n) is 5.75. The third-order valence-electron chi connectivity index (χ3n) is 4.15. The van der Waals surface area contributed by atoms with Crippen LogP contribution in [-0.2, 0) is 19.4 Å². The molecule has 4 rings (SSSR count). The lowest BCUT2D eigenvalue weighted by Gasteiger charge is -2.08. The van der Waals surface area contributed by atoms with Crippen LogP contribution in [0.4, 0.5) is 0 Å². The van der Waals surface area contributed by atoms with Gasteiger partial charge in [-0.25, -0.2) is 4.68 Å². The van der Waals surface area contributed by atoms with Crippen LogP contribution in [0, 0.1) is 0 Å². The summed E-state index contributed by atoms with van der Waals surface area (Å²) in [6.45, 7) is 0.705. The molecule has 0 spiro atoms. The second-order valence-corrected chi connectivity index (χ2v) is 6.28. The average molecular weight is 341 g/mol. The molecule has 1 aliphatic rings. The number of carbonyl (C=O) groups excluding carboxylic acids is 1. The van der Waals surface area contributed by atoms with Crippen LogP contribution in [0.5, 0.6) is 0 Å². The first-order valence-corrected chi connectivity index (χ1v) is 8.54. The zero-order chi connectivity index (χ0) is 16.5. The Morgan fingerprint density at radius 3 is 3.00 bits per heavy atom. The normalized spacial score (nSPS) is 13.2. The molecule has 24 heavy (non-hydrogen) atoms. The third-order valence-corrected chi connectivity index (χ3v) is 4.71. The first-order chi connectivity index (χ1) is 11.7. The predicted octanol–water partition coefficient (Wildman–Crippen LogP) is 1.17. The number of hydrogen-bond acceptors (Lipinski definition) is 6. The number of benzene rings is 1. The van der Waals surface area contributed by atoms with Crippen LogP contribution in [-0.4, -0.2) is 31.0 Å². The van der Waals surface area contributed by atoms with Gasteiger partial charge >= 0.3 is 0 Å². The molecule has 0 saturated heterocycles. The summed E-state index contributed by atoms with van der Waals surface area (Å²) in [7, 11) is 0. The molecule has 1 aromatic carbocycles. The van der Waals surface area contributed by atoms with E-state index in [0.29, 0.717) is 24.2 Å². The summed E-state index contributed by atoms with van der Waals surface area (Å²) < 4.78 is 9.67. The molecule has 1 aliphatic carbocycles. The highest BCUT2D eigenvalue weighted by molar-refractivity contribution is 7.00. The number of fused-ring (bicyclic) bond motifs is 2. The summed E-state index contributed by atoms with van der Waals surface area (Å²) in [5, 5.41) is 7.21. The summed E-state index contributed by atoms with van der Waals surface area (Å²) in [6, 6.07) is 6.88. The largest absolute Gasteiger partial charge is 0.350 e. The van der Waals surface area contributed by atoms with E-state index in [9.17, 15) is 9.59 Å². The molecule has 0 fully saturated rings. The van der Waals surface area contributed by atoms with Gasteiger partial charge in [-0.3, -0.25) is 9.59 Å². The van der Waals surface area contributed by atoms with Crippen LogP contribution in [0.25, 0.3) is 11.0 Å². The van der Waals surface area contributed by atoms with Gasteiger partial charge in [-0.2, -0.15) is 13.8 Å². The Morgan fingerprint density at radius 2 is 2.08 bits per heavy atom. The van der Waals surface area contributed by atoms with E-state index in [4.69, 9.17) is 0 Å². The lowest BCUT2D eigenvalue weighted by atomic mass is 10.2. The zero-order valence-corrected chi connectivity index (χ0v) is 13.7. The molecule has 0 aliphatic heterocycles. The highest BCUT2D eigenvalue weighted by atomic mass is 32.1. The maximum atomic E-state index is 12.2. The van der Waals surface area contributed by atoms with E-state index in [1.165, 1.54) is 4.68 Å². The van der Waals surface area contributed by atoms with Crippen molar-refractivity contribution in [2.24, 2.45) is 0 Å². The fraction of sp³-hybridized carbons (Fsp3) is 0.312. The minimum atomic E-state index is -0.195. The predicted molar refractivity (Wildman–Crippen MR) is 90.3 cm³/mol. The standard InChI is InChI=1S/C16H15N5O2S/c22-15-9-10-2-1-3-12(10)18-21(15)7-6-17-16(23)11-4-5-13-14(8-11)20-24-19-13/h4-5,8-9H,1-3,6-7H2,(H,17,23). The second kappa shape index (κ2) is 6.12. The topological polar surface area (TPSA) is 89.8 Å². The van der Waals surface area contributed by atoms with E-state index in [1.807, 2.05) is 0 Å². The number of nitrogens with zero attached hydrogens (tertiary/aromatic N) is 4. The molecule has 7 nitrogen and oxygen atoms in total. The van der Waals surface area contributed by atoms with Crippen molar-refractivity contribution in [2.75, 3.05) is 6.54 Å². The molecule has 8 heteroatoms. The number of aromatic nitrogens is 4. The molecule has 0 atom stereocenters. The van der Waals surface area contributed by atoms with Crippen LogP contribution in [0.3, 0.4) is 0 Å². The van der Waals surface area contributed by atoms with E-state index in [1.54, 1.807) is 24.3 Å². The van der Waals surface area contributed by atoms with Gasteiger partial charge in [-0.05, 0) is 43.0 Å². The highest BCUT2D eigenvalue weighted by Crippen LogP contribution is 2.17. The van der Waals surface area contributed by atoms with Crippen molar-refractivity contribution in [3.63, 3.8) is 0 Å². The van der Waals surface area contributed by atoms with Gasteiger partial charge in [0, 0.05) is 18.2 Å². The van der Waals surface area contributed by atoms with Gasteiger partial charge in [-0.1, -0.05) is 0 Å². The Bertz CT molecular complexity index is 978. The molecule has 0 radical (unpaired) electrons. The Labute approximate surface area is 141 Å². The van der Waals surface area contributed by atoms with E-state index in [2.05, 4.69) is 19.2 Å². The lowest BCUT2D eigenvalue weighted by Crippen LogP contribution is -2.32. The highest BCUT2D eigenvalue weighted by Gasteiger charge is 2.14. The fourth-order valence-corrected chi connectivity index (χ4v) is 3.42. The maximum absolute atomic E-state index is 12.2. The van der Waals surface area contributed by atoms with E-state index in [0.717, 1.165) is 47.8 Å². The molecular formula is C16H15N5O2S. The van der Waals surface area contributed by atoms with Crippen LogP contribution in [0.2, 0.25) is 0 Å². The van der Waals surface area contributed by atoms with Crippen molar-refractivity contribution in [3.8, 4) is 0 Å². The van der Waals surface area contributed by atoms with Gasteiger partial charge in [0.15, 0.2) is 0 Å². The number of nitrogens with one attached hydrogen (secondary N) is 1. The summed E-state index contributed by atoms with van der Waals surface area (Å²) >= 11 is 1.12. The van der Waals surface area contributed by atoms with E-state index >= 15 is 0 Å². The molecular weight excluding hydrogens is 326 g/mol. The Morgan fingerprint density at radius 1 is 1.21 bits per heavy atom. The summed E-state index contributed by atoms with van der Waals surface area (Å²) in [5.74, 6) is -0.195. The number of hydrogen-bond donors (Lipinski definition) is 1. The van der Waals surface area contributed by atoms with Crippen molar-refractivity contribution in [1.82, 2.24) is 23.8 Å². The SMILES string of the molecule is O=C(NCCn1nc2c(cc1=O)CCC2)c1ccc2nsnc2c1. The van der Waals surface area contributed by atoms with Crippen molar-refractivity contribution < 1.29 is 4.79 Å². The molecule has 0 bridgehead atoms. The quantitative estimate of drug-likeness (QED) is 0.769. The van der Waals surface area contributed by atoms with Crippen LogP contribution >= 0.6 is 11.7 Å². The van der Waals surface area contributed by atoms with Crippen molar-refractivity contribution >= 4 is 28.7 Å². The van der Waals surface area contributed by atoms with Crippen molar-refractivity contribution in [1.29, 1.82) is 0 Å². The first kappa shape index (κ1) is 14.9. The van der Waals surface area contributed by atoms with Crippen LogP contribution in [0.1, 0.15) is 28.0 Å². The van der Waals surface area contributed by atoms with Crippen LogP contribution < -0.4 is 10.9 Å². The fourth-order valence-electron chi connectivity index (χ4n) is 2.90. The molecule has 2 aromatic heterocycles. The minimum Gasteiger partial charge on any atom is -0.350 e.